The van der Waals surface area contributed by atoms with Crippen molar-refractivity contribution in [3.63, 3.8) is 0 Å². The normalized spacial score (nSPS) is 12.6. The van der Waals surface area contributed by atoms with Gasteiger partial charge in [0, 0.05) is 31.2 Å². The number of anilines is 1. The van der Waals surface area contributed by atoms with E-state index in [1.807, 2.05) is 20.8 Å². The van der Waals surface area contributed by atoms with Gasteiger partial charge >= 0.3 is 11.8 Å². The Balaban J connectivity index is 2.25. The summed E-state index contributed by atoms with van der Waals surface area (Å²) in [5.41, 5.74) is -0.402. The van der Waals surface area contributed by atoms with Crippen LogP contribution in [0.4, 0.5) is 10.5 Å². The van der Waals surface area contributed by atoms with Gasteiger partial charge in [-0.1, -0.05) is 13.8 Å². The highest BCUT2D eigenvalue weighted by Gasteiger charge is 2.23. The highest BCUT2D eigenvalue weighted by Crippen LogP contribution is 2.17. The van der Waals surface area contributed by atoms with Crippen molar-refractivity contribution < 1.29 is 14.3 Å². The summed E-state index contributed by atoms with van der Waals surface area (Å²) in [6.45, 7) is 13.4. The number of rotatable bonds is 7. The van der Waals surface area contributed by atoms with Crippen LogP contribution < -0.4 is 21.9 Å². The number of nitrogens with one attached hydrogen (secondary N) is 2. The predicted molar refractivity (Wildman–Crippen MR) is 125 cm³/mol. The number of alkyl carbamates (subject to hydrolysis) is 1. The molecule has 0 aliphatic rings. The molecule has 1 heterocycles. The Morgan fingerprint density at radius 3 is 2.22 bits per heavy atom. The summed E-state index contributed by atoms with van der Waals surface area (Å²) in [5, 5.41) is 5.90. The number of amides is 2. The average molecular weight is 447 g/mol. The molecular formula is C23H34N4O5. The predicted octanol–water partition coefficient (Wildman–Crippen LogP) is 3.08. The van der Waals surface area contributed by atoms with Crippen LogP contribution >= 0.6 is 0 Å². The molecule has 176 valence electrons. The second-order valence-corrected chi connectivity index (χ2v) is 9.06. The van der Waals surface area contributed by atoms with E-state index in [1.165, 1.54) is 9.13 Å². The van der Waals surface area contributed by atoms with Crippen LogP contribution in [0.2, 0.25) is 0 Å². The molecule has 1 aromatic heterocycles. The minimum absolute atomic E-state index is 0.000571. The molecule has 0 aliphatic carbocycles. The molecule has 2 aromatic rings. The first-order valence-corrected chi connectivity index (χ1v) is 10.9. The fourth-order valence-electron chi connectivity index (χ4n) is 3.41. The van der Waals surface area contributed by atoms with Crippen LogP contribution in [0.1, 0.15) is 54.9 Å². The Morgan fingerprint density at radius 1 is 1.06 bits per heavy atom. The molecule has 2 N–H and O–H groups in total. The topological polar surface area (TPSA) is 111 Å². The van der Waals surface area contributed by atoms with Crippen molar-refractivity contribution in [2.75, 3.05) is 5.32 Å². The summed E-state index contributed by atoms with van der Waals surface area (Å²) >= 11 is 0. The van der Waals surface area contributed by atoms with E-state index >= 15 is 0 Å². The van der Waals surface area contributed by atoms with E-state index in [4.69, 9.17) is 4.74 Å². The molecular weight excluding hydrogens is 412 g/mol. The molecule has 0 aliphatic heterocycles. The Morgan fingerprint density at radius 2 is 1.69 bits per heavy atom. The minimum Gasteiger partial charge on any atom is -0.444 e. The second-order valence-electron chi connectivity index (χ2n) is 9.06. The maximum atomic E-state index is 12.8. The maximum absolute atomic E-state index is 12.8. The first kappa shape index (κ1) is 25.2. The van der Waals surface area contributed by atoms with E-state index in [9.17, 15) is 19.2 Å². The van der Waals surface area contributed by atoms with E-state index in [-0.39, 0.29) is 36.0 Å². The summed E-state index contributed by atoms with van der Waals surface area (Å²) in [7, 11) is 0. The highest BCUT2D eigenvalue weighted by molar-refractivity contribution is 5.94. The van der Waals surface area contributed by atoms with Crippen LogP contribution in [0.25, 0.3) is 10.9 Å². The lowest BCUT2D eigenvalue weighted by atomic mass is 10.0. The third kappa shape index (κ3) is 5.99. The molecule has 2 rings (SSSR count). The van der Waals surface area contributed by atoms with Crippen molar-refractivity contribution in [2.45, 2.75) is 79.6 Å². The van der Waals surface area contributed by atoms with Crippen LogP contribution in [0.15, 0.2) is 27.8 Å². The lowest BCUT2D eigenvalue weighted by molar-refractivity contribution is -0.116. The molecule has 32 heavy (non-hydrogen) atoms. The quantitative estimate of drug-likeness (QED) is 0.679. The number of hydrogen-bond donors (Lipinski definition) is 2. The van der Waals surface area contributed by atoms with Gasteiger partial charge in [-0.05, 0) is 58.7 Å². The van der Waals surface area contributed by atoms with E-state index in [0.29, 0.717) is 23.1 Å². The second kappa shape index (κ2) is 10.0. The Labute approximate surface area is 187 Å². The van der Waals surface area contributed by atoms with Crippen LogP contribution in [0, 0.1) is 5.92 Å². The molecule has 0 radical (unpaired) electrons. The van der Waals surface area contributed by atoms with E-state index in [1.54, 1.807) is 45.9 Å². The van der Waals surface area contributed by atoms with Gasteiger partial charge in [0.05, 0.1) is 10.9 Å². The van der Waals surface area contributed by atoms with Gasteiger partial charge in [0.1, 0.15) is 5.60 Å². The molecule has 2 amide bonds. The minimum atomic E-state index is -0.635. The lowest BCUT2D eigenvalue weighted by Crippen LogP contribution is -2.43. The van der Waals surface area contributed by atoms with Gasteiger partial charge < -0.3 is 15.4 Å². The number of hydrogen-bond acceptors (Lipinski definition) is 5. The summed E-state index contributed by atoms with van der Waals surface area (Å²) in [6, 6.07) is 4.48. The highest BCUT2D eigenvalue weighted by atomic mass is 16.6. The third-order valence-electron chi connectivity index (χ3n) is 5.05. The van der Waals surface area contributed by atoms with E-state index < -0.39 is 17.7 Å². The van der Waals surface area contributed by atoms with E-state index in [0.717, 1.165) is 0 Å². The standard InChI is InChI=1S/C23H34N4O5/c1-8-26-18-11-10-15(12-16(18)20(29)27(9-2)22(26)31)24-19(28)13-17(14(3)4)25-21(30)32-23(5,6)7/h10-12,14,17H,8-9,13H2,1-7H3,(H,24,28)(H,25,30)/t17-/m0/s1. The molecule has 0 fully saturated rings. The van der Waals surface area contributed by atoms with Crippen LogP contribution in [-0.2, 0) is 22.6 Å². The molecule has 9 heteroatoms. The molecule has 0 saturated carbocycles. The largest absolute Gasteiger partial charge is 0.444 e. The van der Waals surface area contributed by atoms with Crippen LogP contribution in [0.5, 0.6) is 0 Å². The number of ether oxygens (including phenoxy) is 1. The first-order chi connectivity index (χ1) is 14.9. The van der Waals surface area contributed by atoms with Crippen LogP contribution in [0.3, 0.4) is 0 Å². The third-order valence-corrected chi connectivity index (χ3v) is 5.05. The number of nitrogens with zero attached hydrogens (tertiary/aromatic N) is 2. The summed E-state index contributed by atoms with van der Waals surface area (Å²) in [5.74, 6) is -0.306. The zero-order valence-electron chi connectivity index (χ0n) is 19.9. The summed E-state index contributed by atoms with van der Waals surface area (Å²) in [4.78, 5) is 50.1. The molecule has 9 nitrogen and oxygen atoms in total. The van der Waals surface area contributed by atoms with Gasteiger partial charge in [-0.3, -0.25) is 18.7 Å². The SMILES string of the molecule is CCn1c(=O)c2cc(NC(=O)C[C@H](NC(=O)OC(C)(C)C)C(C)C)ccc2n(CC)c1=O. The summed E-state index contributed by atoms with van der Waals surface area (Å²) in [6.07, 6.45) is -0.532. The number of benzene rings is 1. The van der Waals surface area contributed by atoms with Gasteiger partial charge in [0.15, 0.2) is 0 Å². The smallest absolute Gasteiger partial charge is 0.407 e. The fraction of sp³-hybridized carbons (Fsp3) is 0.565. The monoisotopic (exact) mass is 446 g/mol. The number of aromatic nitrogens is 2. The molecule has 0 saturated heterocycles. The fourth-order valence-corrected chi connectivity index (χ4v) is 3.41. The number of carbonyl (C=O) groups is 2. The van der Waals surface area contributed by atoms with Gasteiger partial charge in [-0.25, -0.2) is 9.59 Å². The summed E-state index contributed by atoms with van der Waals surface area (Å²) < 4.78 is 8.00. The zero-order chi connectivity index (χ0) is 24.2. The first-order valence-electron chi connectivity index (χ1n) is 10.9. The zero-order valence-corrected chi connectivity index (χ0v) is 19.9. The van der Waals surface area contributed by atoms with Gasteiger partial charge in [0.25, 0.3) is 5.56 Å². The van der Waals surface area contributed by atoms with Crippen molar-refractivity contribution in [3.8, 4) is 0 Å². The van der Waals surface area contributed by atoms with Crippen molar-refractivity contribution >= 4 is 28.6 Å². The molecule has 1 atom stereocenters. The molecule has 0 bridgehead atoms. The van der Waals surface area contributed by atoms with Crippen molar-refractivity contribution in [3.05, 3.63) is 39.0 Å². The Hall–Kier alpha value is -3.10. The maximum Gasteiger partial charge on any atom is 0.407 e. The Bertz CT molecular complexity index is 1110. The van der Waals surface area contributed by atoms with Gasteiger partial charge in [-0.15, -0.1) is 0 Å². The molecule has 0 spiro atoms. The van der Waals surface area contributed by atoms with Gasteiger partial charge in [0.2, 0.25) is 5.91 Å². The van der Waals surface area contributed by atoms with Crippen molar-refractivity contribution in [1.29, 1.82) is 0 Å². The van der Waals surface area contributed by atoms with Crippen LogP contribution in [-0.4, -0.2) is 32.8 Å². The Kier molecular flexibility index (Phi) is 7.87. The number of fused-ring (bicyclic) bond motifs is 1. The lowest BCUT2D eigenvalue weighted by Gasteiger charge is -2.25. The molecule has 0 unspecified atom stereocenters. The van der Waals surface area contributed by atoms with Gasteiger partial charge in [-0.2, -0.15) is 0 Å². The van der Waals surface area contributed by atoms with Crippen molar-refractivity contribution in [2.24, 2.45) is 5.92 Å². The molecule has 1 aromatic carbocycles. The number of aryl methyl sites for hydroxylation is 1. The van der Waals surface area contributed by atoms with Crippen molar-refractivity contribution in [1.82, 2.24) is 14.5 Å². The van der Waals surface area contributed by atoms with E-state index in [2.05, 4.69) is 10.6 Å². The average Bonchev–Trinajstić information content (AvgIpc) is 2.67. The number of carbonyl (C=O) groups excluding carboxylic acids is 2.